The third-order valence-electron chi connectivity index (χ3n) is 4.72. The van der Waals surface area contributed by atoms with Gasteiger partial charge in [-0.2, -0.15) is 0 Å². The van der Waals surface area contributed by atoms with Gasteiger partial charge in [-0.15, -0.1) is 0 Å². The molecule has 0 aliphatic heterocycles. The topological polar surface area (TPSA) is 43.4 Å². The molecular weight excluding hydrogens is 216 g/mol. The first kappa shape index (κ1) is 12.6. The van der Waals surface area contributed by atoms with Crippen LogP contribution < -0.4 is 0 Å². The van der Waals surface area contributed by atoms with E-state index in [1.807, 2.05) is 0 Å². The molecule has 0 aromatic carbocycles. The second kappa shape index (κ2) is 5.19. The molecule has 96 valence electrons. The molecule has 1 spiro atoms. The van der Waals surface area contributed by atoms with Gasteiger partial charge in [-0.25, -0.2) is 0 Å². The quantitative estimate of drug-likeness (QED) is 0.695. The smallest absolute Gasteiger partial charge is 0.305 e. The molecule has 0 amide bonds. The van der Waals surface area contributed by atoms with Gasteiger partial charge in [-0.3, -0.25) is 9.59 Å². The second-order valence-electron chi connectivity index (χ2n) is 5.76. The van der Waals surface area contributed by atoms with Gasteiger partial charge in [-0.05, 0) is 49.9 Å². The molecule has 3 nitrogen and oxygen atoms in total. The maximum atomic E-state index is 11.3. The number of hydrogen-bond donors (Lipinski definition) is 0. The van der Waals surface area contributed by atoms with E-state index in [1.165, 1.54) is 20.0 Å². The highest BCUT2D eigenvalue weighted by molar-refractivity contribution is 5.79. The van der Waals surface area contributed by atoms with Gasteiger partial charge in [0.1, 0.15) is 5.78 Å². The normalized spacial score (nSPS) is 24.9. The Labute approximate surface area is 103 Å². The molecule has 0 saturated heterocycles. The molecule has 0 aromatic rings. The van der Waals surface area contributed by atoms with Crippen LogP contribution in [0.4, 0.5) is 0 Å². The molecule has 0 atom stereocenters. The fraction of sp³-hybridized carbons (Fsp3) is 0.857. The Morgan fingerprint density at radius 1 is 1.24 bits per heavy atom. The highest BCUT2D eigenvalue weighted by Gasteiger charge is 2.38. The van der Waals surface area contributed by atoms with Gasteiger partial charge in [-0.1, -0.05) is 0 Å². The summed E-state index contributed by atoms with van der Waals surface area (Å²) >= 11 is 0. The maximum absolute atomic E-state index is 11.3. The van der Waals surface area contributed by atoms with Gasteiger partial charge in [0, 0.05) is 19.3 Å². The standard InChI is InChI=1S/C14H22O3/c1-17-13(16)10-11-2-6-14(7-3-11)8-4-12(15)5-9-14/h11H,2-10H2,1H3. The van der Waals surface area contributed by atoms with E-state index in [1.54, 1.807) is 0 Å². The highest BCUT2D eigenvalue weighted by atomic mass is 16.5. The van der Waals surface area contributed by atoms with Crippen molar-refractivity contribution in [2.24, 2.45) is 11.3 Å². The molecule has 0 heterocycles. The number of hydrogen-bond acceptors (Lipinski definition) is 3. The lowest BCUT2D eigenvalue weighted by Gasteiger charge is -2.42. The number of Topliss-reactive ketones (excluding diaryl/α,β-unsaturated/α-hetero) is 1. The molecule has 0 N–H and O–H groups in total. The first-order valence-corrected chi connectivity index (χ1v) is 6.72. The van der Waals surface area contributed by atoms with Gasteiger partial charge in [0.05, 0.1) is 7.11 Å². The van der Waals surface area contributed by atoms with Crippen molar-refractivity contribution in [1.82, 2.24) is 0 Å². The Balaban J connectivity index is 1.81. The summed E-state index contributed by atoms with van der Waals surface area (Å²) in [5.74, 6) is 0.864. The third kappa shape index (κ3) is 3.08. The summed E-state index contributed by atoms with van der Waals surface area (Å²) in [6, 6.07) is 0. The lowest BCUT2D eigenvalue weighted by Crippen LogP contribution is -2.32. The molecule has 0 aromatic heterocycles. The van der Waals surface area contributed by atoms with Crippen molar-refractivity contribution < 1.29 is 14.3 Å². The molecule has 2 fully saturated rings. The number of rotatable bonds is 2. The van der Waals surface area contributed by atoms with Crippen LogP contribution in [0.5, 0.6) is 0 Å². The first-order valence-electron chi connectivity index (χ1n) is 6.72. The minimum atomic E-state index is -0.0789. The van der Waals surface area contributed by atoms with E-state index in [4.69, 9.17) is 4.74 Å². The van der Waals surface area contributed by atoms with E-state index < -0.39 is 0 Å². The van der Waals surface area contributed by atoms with Crippen LogP contribution in [0.15, 0.2) is 0 Å². The van der Waals surface area contributed by atoms with Crippen molar-refractivity contribution in [3.05, 3.63) is 0 Å². The van der Waals surface area contributed by atoms with Crippen LogP contribution in [0, 0.1) is 11.3 Å². The molecule has 0 unspecified atom stereocenters. The summed E-state index contributed by atoms with van der Waals surface area (Å²) in [5.41, 5.74) is 0.431. The van der Waals surface area contributed by atoms with Crippen LogP contribution in [0.1, 0.15) is 57.8 Å². The van der Waals surface area contributed by atoms with Crippen LogP contribution in [0.25, 0.3) is 0 Å². The SMILES string of the molecule is COC(=O)CC1CCC2(CCC(=O)CC2)CC1. The summed E-state index contributed by atoms with van der Waals surface area (Å²) in [7, 11) is 1.46. The van der Waals surface area contributed by atoms with E-state index >= 15 is 0 Å². The van der Waals surface area contributed by atoms with E-state index in [9.17, 15) is 9.59 Å². The average molecular weight is 238 g/mol. The Morgan fingerprint density at radius 3 is 2.35 bits per heavy atom. The number of methoxy groups -OCH3 is 1. The summed E-state index contributed by atoms with van der Waals surface area (Å²) in [6.45, 7) is 0. The molecule has 0 bridgehead atoms. The zero-order valence-electron chi connectivity index (χ0n) is 10.7. The lowest BCUT2D eigenvalue weighted by molar-refractivity contribution is -0.142. The lowest BCUT2D eigenvalue weighted by atomic mass is 9.63. The van der Waals surface area contributed by atoms with Crippen LogP contribution in [-0.4, -0.2) is 18.9 Å². The molecule has 17 heavy (non-hydrogen) atoms. The van der Waals surface area contributed by atoms with Crippen LogP contribution >= 0.6 is 0 Å². The largest absolute Gasteiger partial charge is 0.469 e. The van der Waals surface area contributed by atoms with Crippen molar-refractivity contribution in [1.29, 1.82) is 0 Å². The zero-order chi connectivity index (χ0) is 12.3. The van der Waals surface area contributed by atoms with Crippen molar-refractivity contribution >= 4 is 11.8 Å². The number of ketones is 1. The average Bonchev–Trinajstić information content (AvgIpc) is 2.36. The van der Waals surface area contributed by atoms with Gasteiger partial charge in [0.2, 0.25) is 0 Å². The predicted molar refractivity (Wildman–Crippen MR) is 64.5 cm³/mol. The van der Waals surface area contributed by atoms with E-state index in [0.717, 1.165) is 38.5 Å². The molecule has 2 aliphatic rings. The summed E-state index contributed by atoms with van der Waals surface area (Å²) in [6.07, 6.45) is 8.94. The molecule has 2 rings (SSSR count). The van der Waals surface area contributed by atoms with Crippen LogP contribution in [-0.2, 0) is 14.3 Å². The molecule has 3 heteroatoms. The minimum absolute atomic E-state index is 0.0789. The van der Waals surface area contributed by atoms with Crippen LogP contribution in [0.2, 0.25) is 0 Å². The van der Waals surface area contributed by atoms with Crippen molar-refractivity contribution in [3.63, 3.8) is 0 Å². The summed E-state index contributed by atoms with van der Waals surface area (Å²) in [5, 5.41) is 0. The summed E-state index contributed by atoms with van der Waals surface area (Å²) in [4.78, 5) is 22.5. The fourth-order valence-corrected chi connectivity index (χ4v) is 3.37. The minimum Gasteiger partial charge on any atom is -0.469 e. The van der Waals surface area contributed by atoms with Crippen LogP contribution in [0.3, 0.4) is 0 Å². The zero-order valence-corrected chi connectivity index (χ0v) is 10.7. The van der Waals surface area contributed by atoms with E-state index in [-0.39, 0.29) is 5.97 Å². The van der Waals surface area contributed by atoms with Gasteiger partial charge in [0.25, 0.3) is 0 Å². The maximum Gasteiger partial charge on any atom is 0.305 e. The Kier molecular flexibility index (Phi) is 3.85. The first-order chi connectivity index (χ1) is 8.13. The molecular formula is C14H22O3. The fourth-order valence-electron chi connectivity index (χ4n) is 3.37. The van der Waals surface area contributed by atoms with Crippen molar-refractivity contribution in [2.45, 2.75) is 57.8 Å². The Hall–Kier alpha value is -0.860. The third-order valence-corrected chi connectivity index (χ3v) is 4.72. The number of carbonyl (C=O) groups is 2. The molecule has 2 saturated carbocycles. The number of ether oxygens (including phenoxy) is 1. The van der Waals surface area contributed by atoms with E-state index in [0.29, 0.717) is 23.5 Å². The monoisotopic (exact) mass is 238 g/mol. The second-order valence-corrected chi connectivity index (χ2v) is 5.76. The molecule has 0 radical (unpaired) electrons. The Bertz CT molecular complexity index is 289. The predicted octanol–water partition coefficient (Wildman–Crippen LogP) is 2.87. The van der Waals surface area contributed by atoms with Gasteiger partial charge < -0.3 is 4.74 Å². The van der Waals surface area contributed by atoms with Crippen molar-refractivity contribution in [3.8, 4) is 0 Å². The number of esters is 1. The van der Waals surface area contributed by atoms with Gasteiger partial charge >= 0.3 is 5.97 Å². The Morgan fingerprint density at radius 2 is 1.82 bits per heavy atom. The highest BCUT2D eigenvalue weighted by Crippen LogP contribution is 2.48. The van der Waals surface area contributed by atoms with E-state index in [2.05, 4.69) is 0 Å². The van der Waals surface area contributed by atoms with Crippen molar-refractivity contribution in [2.75, 3.05) is 7.11 Å². The number of carbonyl (C=O) groups excluding carboxylic acids is 2. The van der Waals surface area contributed by atoms with Gasteiger partial charge in [0.15, 0.2) is 0 Å². The summed E-state index contributed by atoms with van der Waals surface area (Å²) < 4.78 is 4.72. The molecule has 2 aliphatic carbocycles.